The zero-order chi connectivity index (χ0) is 17.8. The SMILES string of the molecule is CCNC(=NCC(C)(C)c1cccc(F)c1)NCCCCOCC.I. The Labute approximate surface area is 169 Å². The average molecular weight is 465 g/mol. The smallest absolute Gasteiger partial charge is 0.191 e. The maximum absolute atomic E-state index is 13.4. The van der Waals surface area contributed by atoms with Gasteiger partial charge in [0, 0.05) is 31.7 Å². The maximum atomic E-state index is 13.4. The number of guanidine groups is 1. The third-order valence-electron chi connectivity index (χ3n) is 3.79. The first-order valence-electron chi connectivity index (χ1n) is 8.85. The Morgan fingerprint density at radius 3 is 2.60 bits per heavy atom. The van der Waals surface area contributed by atoms with Crippen molar-refractivity contribution in [1.82, 2.24) is 10.6 Å². The molecule has 1 rings (SSSR count). The molecule has 0 unspecified atom stereocenters. The minimum Gasteiger partial charge on any atom is -0.382 e. The number of nitrogens with zero attached hydrogens (tertiary/aromatic N) is 1. The Kier molecular flexibility index (Phi) is 12.9. The zero-order valence-corrected chi connectivity index (χ0v) is 18.2. The molecule has 4 nitrogen and oxygen atoms in total. The van der Waals surface area contributed by atoms with Gasteiger partial charge < -0.3 is 15.4 Å². The summed E-state index contributed by atoms with van der Waals surface area (Å²) in [6, 6.07) is 6.75. The molecule has 0 bridgehead atoms. The standard InChI is InChI=1S/C19H32FN3O.HI/c1-5-21-18(22-12-7-8-13-24-6-2)23-15-19(3,4)16-10-9-11-17(20)14-16;/h9-11,14H,5-8,12-13,15H2,1-4H3,(H2,21,22,23);1H. The molecule has 25 heavy (non-hydrogen) atoms. The first-order chi connectivity index (χ1) is 11.5. The summed E-state index contributed by atoms with van der Waals surface area (Å²) in [7, 11) is 0. The molecule has 2 N–H and O–H groups in total. The van der Waals surface area contributed by atoms with Gasteiger partial charge in [-0.25, -0.2) is 4.39 Å². The minimum atomic E-state index is -0.223. The Hall–Kier alpha value is -0.890. The van der Waals surface area contributed by atoms with E-state index in [1.165, 1.54) is 6.07 Å². The van der Waals surface area contributed by atoms with E-state index in [1.807, 2.05) is 19.9 Å². The fourth-order valence-corrected chi connectivity index (χ4v) is 2.30. The van der Waals surface area contributed by atoms with E-state index in [2.05, 4.69) is 29.5 Å². The zero-order valence-electron chi connectivity index (χ0n) is 15.9. The molecule has 0 aromatic heterocycles. The molecule has 0 amide bonds. The summed E-state index contributed by atoms with van der Waals surface area (Å²) >= 11 is 0. The Balaban J connectivity index is 0.00000576. The normalized spacial score (nSPS) is 11.8. The molecule has 1 aromatic rings. The number of hydrogen-bond acceptors (Lipinski definition) is 2. The second-order valence-electron chi connectivity index (χ2n) is 6.42. The predicted octanol–water partition coefficient (Wildman–Crippen LogP) is 4.09. The summed E-state index contributed by atoms with van der Waals surface area (Å²) in [4.78, 5) is 4.67. The highest BCUT2D eigenvalue weighted by Gasteiger charge is 2.20. The van der Waals surface area contributed by atoms with Crippen LogP contribution in [0.4, 0.5) is 4.39 Å². The third kappa shape index (κ3) is 9.99. The van der Waals surface area contributed by atoms with Gasteiger partial charge >= 0.3 is 0 Å². The minimum absolute atomic E-state index is 0. The summed E-state index contributed by atoms with van der Waals surface area (Å²) in [6.07, 6.45) is 2.08. The molecule has 144 valence electrons. The van der Waals surface area contributed by atoms with Crippen molar-refractivity contribution in [3.8, 4) is 0 Å². The number of nitrogens with one attached hydrogen (secondary N) is 2. The third-order valence-corrected chi connectivity index (χ3v) is 3.79. The molecule has 0 heterocycles. The van der Waals surface area contributed by atoms with Gasteiger partial charge in [-0.05, 0) is 44.4 Å². The molecule has 0 saturated carbocycles. The van der Waals surface area contributed by atoms with Crippen LogP contribution in [0.1, 0.15) is 46.1 Å². The van der Waals surface area contributed by atoms with E-state index in [9.17, 15) is 4.39 Å². The van der Waals surface area contributed by atoms with Gasteiger partial charge in [0.15, 0.2) is 5.96 Å². The largest absolute Gasteiger partial charge is 0.382 e. The topological polar surface area (TPSA) is 45.7 Å². The molecule has 0 saturated heterocycles. The highest BCUT2D eigenvalue weighted by atomic mass is 127. The van der Waals surface area contributed by atoms with Crippen molar-refractivity contribution in [2.24, 2.45) is 4.99 Å². The molecule has 0 radical (unpaired) electrons. The molecule has 0 fully saturated rings. The van der Waals surface area contributed by atoms with E-state index in [0.29, 0.717) is 6.54 Å². The Morgan fingerprint density at radius 1 is 1.20 bits per heavy atom. The number of halogens is 2. The number of aliphatic imine (C=N–C) groups is 1. The van der Waals surface area contributed by atoms with Gasteiger partial charge in [-0.15, -0.1) is 24.0 Å². The molecular formula is C19H33FIN3O. The molecule has 1 aromatic carbocycles. The maximum Gasteiger partial charge on any atom is 0.191 e. The van der Waals surface area contributed by atoms with Gasteiger partial charge in [0.2, 0.25) is 0 Å². The summed E-state index contributed by atoms with van der Waals surface area (Å²) in [6.45, 7) is 12.0. The van der Waals surface area contributed by atoms with Gasteiger partial charge in [-0.2, -0.15) is 0 Å². The van der Waals surface area contributed by atoms with Crippen LogP contribution >= 0.6 is 24.0 Å². The van der Waals surface area contributed by atoms with Gasteiger partial charge in [0.1, 0.15) is 5.82 Å². The van der Waals surface area contributed by atoms with Crippen LogP contribution in [-0.2, 0) is 10.2 Å². The van der Waals surface area contributed by atoms with Crippen LogP contribution in [0.25, 0.3) is 0 Å². The lowest BCUT2D eigenvalue weighted by molar-refractivity contribution is 0.143. The van der Waals surface area contributed by atoms with Crippen molar-refractivity contribution in [3.63, 3.8) is 0 Å². The van der Waals surface area contributed by atoms with Crippen molar-refractivity contribution in [3.05, 3.63) is 35.6 Å². The molecule has 0 spiro atoms. The molecule has 0 aliphatic heterocycles. The predicted molar refractivity (Wildman–Crippen MR) is 115 cm³/mol. The molecular weight excluding hydrogens is 432 g/mol. The van der Waals surface area contributed by atoms with Crippen molar-refractivity contribution in [2.45, 2.75) is 46.0 Å². The number of ether oxygens (including phenoxy) is 1. The monoisotopic (exact) mass is 465 g/mol. The van der Waals surface area contributed by atoms with Crippen LogP contribution < -0.4 is 10.6 Å². The van der Waals surface area contributed by atoms with E-state index < -0.39 is 0 Å². The second kappa shape index (κ2) is 13.3. The van der Waals surface area contributed by atoms with Gasteiger partial charge in [0.05, 0.1) is 6.54 Å². The van der Waals surface area contributed by atoms with E-state index in [0.717, 1.165) is 50.7 Å². The molecule has 0 atom stereocenters. The van der Waals surface area contributed by atoms with Crippen LogP contribution in [0.3, 0.4) is 0 Å². The van der Waals surface area contributed by atoms with Crippen molar-refractivity contribution in [1.29, 1.82) is 0 Å². The number of unbranched alkanes of at least 4 members (excludes halogenated alkanes) is 1. The Bertz CT molecular complexity index is 509. The van der Waals surface area contributed by atoms with Crippen molar-refractivity contribution < 1.29 is 9.13 Å². The van der Waals surface area contributed by atoms with E-state index in [4.69, 9.17) is 4.74 Å². The first kappa shape index (κ1) is 24.1. The van der Waals surface area contributed by atoms with Crippen molar-refractivity contribution in [2.75, 3.05) is 32.8 Å². The van der Waals surface area contributed by atoms with Gasteiger partial charge in [-0.3, -0.25) is 4.99 Å². The molecule has 0 aliphatic carbocycles. The average Bonchev–Trinajstić information content (AvgIpc) is 2.55. The summed E-state index contributed by atoms with van der Waals surface area (Å²) in [5.74, 6) is 0.599. The van der Waals surface area contributed by atoms with Gasteiger partial charge in [0.25, 0.3) is 0 Å². The van der Waals surface area contributed by atoms with E-state index >= 15 is 0 Å². The molecule has 0 aliphatic rings. The lowest BCUT2D eigenvalue weighted by Crippen LogP contribution is -2.39. The van der Waals surface area contributed by atoms with Crippen LogP contribution in [0.5, 0.6) is 0 Å². The van der Waals surface area contributed by atoms with Crippen LogP contribution in [0.15, 0.2) is 29.3 Å². The number of benzene rings is 1. The lowest BCUT2D eigenvalue weighted by Gasteiger charge is -2.24. The highest BCUT2D eigenvalue weighted by molar-refractivity contribution is 14.0. The van der Waals surface area contributed by atoms with Crippen LogP contribution in [0, 0.1) is 5.82 Å². The van der Waals surface area contributed by atoms with Crippen LogP contribution in [0.2, 0.25) is 0 Å². The quantitative estimate of drug-likeness (QED) is 0.237. The number of rotatable bonds is 10. The summed E-state index contributed by atoms with van der Waals surface area (Å²) < 4.78 is 18.8. The fraction of sp³-hybridized carbons (Fsp3) is 0.632. The second-order valence-corrected chi connectivity index (χ2v) is 6.42. The molecule has 6 heteroatoms. The first-order valence-corrected chi connectivity index (χ1v) is 8.85. The lowest BCUT2D eigenvalue weighted by atomic mass is 9.85. The van der Waals surface area contributed by atoms with Crippen LogP contribution in [-0.4, -0.2) is 38.8 Å². The van der Waals surface area contributed by atoms with E-state index in [1.54, 1.807) is 12.1 Å². The number of hydrogen-bond donors (Lipinski definition) is 2. The summed E-state index contributed by atoms with van der Waals surface area (Å²) in [5.41, 5.74) is 0.734. The van der Waals surface area contributed by atoms with E-state index in [-0.39, 0.29) is 35.2 Å². The highest BCUT2D eigenvalue weighted by Crippen LogP contribution is 2.24. The fourth-order valence-electron chi connectivity index (χ4n) is 2.30. The van der Waals surface area contributed by atoms with Crippen molar-refractivity contribution >= 4 is 29.9 Å². The Morgan fingerprint density at radius 2 is 1.96 bits per heavy atom. The summed E-state index contributed by atoms with van der Waals surface area (Å²) in [5, 5.41) is 6.60. The van der Waals surface area contributed by atoms with Gasteiger partial charge in [-0.1, -0.05) is 26.0 Å².